The van der Waals surface area contributed by atoms with Crippen molar-refractivity contribution < 1.29 is 0 Å². The molecule has 0 saturated heterocycles. The van der Waals surface area contributed by atoms with E-state index in [0.29, 0.717) is 12.0 Å². The fourth-order valence-corrected chi connectivity index (χ4v) is 2.54. The first-order chi connectivity index (χ1) is 10.2. The minimum atomic E-state index is 0.539. The van der Waals surface area contributed by atoms with E-state index >= 15 is 0 Å². The normalized spacial score (nSPS) is 12.6. The van der Waals surface area contributed by atoms with Gasteiger partial charge < -0.3 is 5.32 Å². The van der Waals surface area contributed by atoms with Gasteiger partial charge in [0.15, 0.2) is 0 Å². The van der Waals surface area contributed by atoms with Crippen LogP contribution in [0.2, 0.25) is 0 Å². The van der Waals surface area contributed by atoms with Crippen molar-refractivity contribution in [1.82, 2.24) is 5.32 Å². The van der Waals surface area contributed by atoms with Crippen molar-refractivity contribution in [2.45, 2.75) is 52.1 Å². The van der Waals surface area contributed by atoms with Crippen molar-refractivity contribution in [1.29, 1.82) is 0 Å². The van der Waals surface area contributed by atoms with Crippen molar-refractivity contribution in [3.05, 3.63) is 71.3 Å². The molecule has 2 rings (SSSR count). The molecule has 0 spiro atoms. The molecular formula is C20H27N. The van der Waals surface area contributed by atoms with Crippen LogP contribution >= 0.6 is 0 Å². The molecule has 0 amide bonds. The molecule has 112 valence electrons. The Morgan fingerprint density at radius 3 is 2.10 bits per heavy atom. The zero-order valence-electron chi connectivity index (χ0n) is 13.5. The minimum Gasteiger partial charge on any atom is -0.310 e. The van der Waals surface area contributed by atoms with Gasteiger partial charge in [-0.2, -0.15) is 0 Å². The van der Waals surface area contributed by atoms with E-state index < -0.39 is 0 Å². The third kappa shape index (κ3) is 5.02. The molecule has 1 heteroatoms. The maximum Gasteiger partial charge on any atom is 0.0208 e. The van der Waals surface area contributed by atoms with Gasteiger partial charge in [-0.1, -0.05) is 75.4 Å². The van der Waals surface area contributed by atoms with Crippen LogP contribution in [-0.2, 0) is 13.0 Å². The highest BCUT2D eigenvalue weighted by atomic mass is 14.9. The second-order valence-electron chi connectivity index (χ2n) is 6.07. The minimum absolute atomic E-state index is 0.539. The van der Waals surface area contributed by atoms with Crippen LogP contribution in [0.1, 0.15) is 49.8 Å². The SMILES string of the molecule is CCC(Cc1ccccc1)NCc1ccc(C(C)C)cc1. The zero-order valence-corrected chi connectivity index (χ0v) is 13.5. The molecule has 0 saturated carbocycles. The highest BCUT2D eigenvalue weighted by Crippen LogP contribution is 2.15. The van der Waals surface area contributed by atoms with Gasteiger partial charge in [0.2, 0.25) is 0 Å². The van der Waals surface area contributed by atoms with E-state index in [-0.39, 0.29) is 0 Å². The summed E-state index contributed by atoms with van der Waals surface area (Å²) in [6.07, 6.45) is 2.25. The van der Waals surface area contributed by atoms with Gasteiger partial charge in [-0.25, -0.2) is 0 Å². The van der Waals surface area contributed by atoms with Crippen LogP contribution in [0.4, 0.5) is 0 Å². The van der Waals surface area contributed by atoms with Crippen molar-refractivity contribution in [3.63, 3.8) is 0 Å². The van der Waals surface area contributed by atoms with Crippen molar-refractivity contribution >= 4 is 0 Å². The Labute approximate surface area is 129 Å². The largest absolute Gasteiger partial charge is 0.310 e. The first-order valence-electron chi connectivity index (χ1n) is 8.05. The molecule has 0 heterocycles. The molecule has 2 aromatic carbocycles. The Hall–Kier alpha value is -1.60. The molecule has 1 N–H and O–H groups in total. The second-order valence-corrected chi connectivity index (χ2v) is 6.07. The average Bonchev–Trinajstić information content (AvgIpc) is 2.52. The summed E-state index contributed by atoms with van der Waals surface area (Å²) in [7, 11) is 0. The lowest BCUT2D eigenvalue weighted by Gasteiger charge is -2.17. The molecule has 1 unspecified atom stereocenters. The van der Waals surface area contributed by atoms with Gasteiger partial charge in [-0.05, 0) is 35.4 Å². The summed E-state index contributed by atoms with van der Waals surface area (Å²) in [5.41, 5.74) is 4.19. The van der Waals surface area contributed by atoms with Crippen LogP contribution in [0.15, 0.2) is 54.6 Å². The van der Waals surface area contributed by atoms with Crippen molar-refractivity contribution in [3.8, 4) is 0 Å². The molecule has 0 aliphatic rings. The maximum atomic E-state index is 3.68. The molecule has 0 aromatic heterocycles. The summed E-state index contributed by atoms with van der Waals surface area (Å²) in [6.45, 7) is 7.67. The molecule has 1 nitrogen and oxygen atoms in total. The van der Waals surface area contributed by atoms with Gasteiger partial charge in [0, 0.05) is 12.6 Å². The molecule has 0 aliphatic carbocycles. The fourth-order valence-electron chi connectivity index (χ4n) is 2.54. The van der Waals surface area contributed by atoms with E-state index in [4.69, 9.17) is 0 Å². The summed E-state index contributed by atoms with van der Waals surface area (Å²) in [6, 6.07) is 20.3. The molecule has 21 heavy (non-hydrogen) atoms. The Bertz CT molecular complexity index is 513. The summed E-state index contributed by atoms with van der Waals surface area (Å²) < 4.78 is 0. The first kappa shape index (κ1) is 15.8. The Kier molecular flexibility index (Phi) is 6.01. The lowest BCUT2D eigenvalue weighted by Crippen LogP contribution is -2.30. The Morgan fingerprint density at radius 2 is 1.52 bits per heavy atom. The van der Waals surface area contributed by atoms with Gasteiger partial charge in [-0.15, -0.1) is 0 Å². The molecule has 2 aromatic rings. The highest BCUT2D eigenvalue weighted by Gasteiger charge is 2.07. The van der Waals surface area contributed by atoms with Crippen LogP contribution < -0.4 is 5.32 Å². The Balaban J connectivity index is 1.88. The Morgan fingerprint density at radius 1 is 0.857 bits per heavy atom. The van der Waals surface area contributed by atoms with E-state index in [2.05, 4.69) is 80.7 Å². The van der Waals surface area contributed by atoms with Crippen LogP contribution in [0.3, 0.4) is 0 Å². The number of hydrogen-bond acceptors (Lipinski definition) is 1. The van der Waals surface area contributed by atoms with Crippen LogP contribution in [-0.4, -0.2) is 6.04 Å². The van der Waals surface area contributed by atoms with Crippen LogP contribution in [0.25, 0.3) is 0 Å². The fraction of sp³-hybridized carbons (Fsp3) is 0.400. The number of rotatable bonds is 7. The number of nitrogens with one attached hydrogen (secondary N) is 1. The van der Waals surface area contributed by atoms with E-state index in [0.717, 1.165) is 19.4 Å². The molecular weight excluding hydrogens is 254 g/mol. The molecule has 0 aliphatic heterocycles. The van der Waals surface area contributed by atoms with E-state index in [1.807, 2.05) is 0 Å². The predicted molar refractivity (Wildman–Crippen MR) is 91.6 cm³/mol. The third-order valence-electron chi connectivity index (χ3n) is 4.06. The van der Waals surface area contributed by atoms with Crippen molar-refractivity contribution in [2.75, 3.05) is 0 Å². The highest BCUT2D eigenvalue weighted by molar-refractivity contribution is 5.24. The van der Waals surface area contributed by atoms with Gasteiger partial charge in [0.25, 0.3) is 0 Å². The zero-order chi connectivity index (χ0) is 15.1. The predicted octanol–water partition coefficient (Wildman–Crippen LogP) is 4.92. The first-order valence-corrected chi connectivity index (χ1v) is 8.05. The smallest absolute Gasteiger partial charge is 0.0208 e. The van der Waals surface area contributed by atoms with Gasteiger partial charge >= 0.3 is 0 Å². The van der Waals surface area contributed by atoms with E-state index in [9.17, 15) is 0 Å². The number of hydrogen-bond donors (Lipinski definition) is 1. The second kappa shape index (κ2) is 7.99. The maximum absolute atomic E-state index is 3.68. The third-order valence-corrected chi connectivity index (χ3v) is 4.06. The van der Waals surface area contributed by atoms with Crippen LogP contribution in [0, 0.1) is 0 Å². The molecule has 0 fully saturated rings. The topological polar surface area (TPSA) is 12.0 Å². The quantitative estimate of drug-likeness (QED) is 0.759. The van der Waals surface area contributed by atoms with E-state index in [1.165, 1.54) is 16.7 Å². The molecule has 0 bridgehead atoms. The summed E-state index contributed by atoms with van der Waals surface area (Å²) in [4.78, 5) is 0. The van der Waals surface area contributed by atoms with Gasteiger partial charge in [0.1, 0.15) is 0 Å². The van der Waals surface area contributed by atoms with Crippen molar-refractivity contribution in [2.24, 2.45) is 0 Å². The van der Waals surface area contributed by atoms with E-state index in [1.54, 1.807) is 0 Å². The van der Waals surface area contributed by atoms with Gasteiger partial charge in [-0.3, -0.25) is 0 Å². The average molecular weight is 281 g/mol. The van der Waals surface area contributed by atoms with Crippen LogP contribution in [0.5, 0.6) is 0 Å². The lowest BCUT2D eigenvalue weighted by atomic mass is 10.0. The lowest BCUT2D eigenvalue weighted by molar-refractivity contribution is 0.494. The number of benzene rings is 2. The summed E-state index contributed by atoms with van der Waals surface area (Å²) in [5.74, 6) is 0.605. The van der Waals surface area contributed by atoms with Gasteiger partial charge in [0.05, 0.1) is 0 Å². The summed E-state index contributed by atoms with van der Waals surface area (Å²) >= 11 is 0. The summed E-state index contributed by atoms with van der Waals surface area (Å²) in [5, 5.41) is 3.68. The monoisotopic (exact) mass is 281 g/mol. The molecule has 0 radical (unpaired) electrons. The standard InChI is InChI=1S/C20H27N/c1-4-20(14-17-8-6-5-7-9-17)21-15-18-10-12-19(13-11-18)16(2)3/h5-13,16,20-21H,4,14-15H2,1-3H3. The molecule has 1 atom stereocenters.